The number of esters is 1. The van der Waals surface area contributed by atoms with Gasteiger partial charge in [0.2, 0.25) is 11.8 Å². The Morgan fingerprint density at radius 3 is 2.70 bits per heavy atom. The summed E-state index contributed by atoms with van der Waals surface area (Å²) in [4.78, 5) is 45.0. The SMILES string of the molecule is CCOC(=O)[C@H]1[C@@H]2SC3(CC2Br)C(C(=O)NCCN2CCOCC2)N([C@H](CO)c2ccccc2)C(=O)[C@H]13. The first-order chi connectivity index (χ1) is 17.9. The quantitative estimate of drug-likeness (QED) is 0.324. The van der Waals surface area contributed by atoms with E-state index >= 15 is 0 Å². The maximum Gasteiger partial charge on any atom is 0.310 e. The molecular formula is C26H34BrN3O6S. The molecule has 5 rings (SSSR count). The van der Waals surface area contributed by atoms with Gasteiger partial charge in [-0.05, 0) is 18.9 Å². The number of benzene rings is 1. The van der Waals surface area contributed by atoms with Crippen LogP contribution in [-0.2, 0) is 23.9 Å². The van der Waals surface area contributed by atoms with Crippen LogP contribution in [0.25, 0.3) is 0 Å². The standard InChI is InChI=1S/C26H34BrN3O6S/c1-2-36-25(34)19-20-24(33)30(18(15-31)16-6-4-3-5-7-16)22(26(20)14-17(27)21(19)37-26)23(32)28-8-9-29-10-12-35-13-11-29/h3-7,17-22,31H,2,8-15H2,1H3,(H,28,32)/t17?,18-,19-,20+,21-,22?,26?/m1/s1. The summed E-state index contributed by atoms with van der Waals surface area (Å²) in [6.45, 7) is 5.79. The molecule has 2 N–H and O–H groups in total. The number of aliphatic hydroxyl groups excluding tert-OH is 1. The fourth-order valence-electron chi connectivity index (χ4n) is 6.50. The van der Waals surface area contributed by atoms with Gasteiger partial charge in [0.25, 0.3) is 0 Å². The Hall–Kier alpha value is -1.66. The number of likely N-dealkylation sites (tertiary alicyclic amines) is 1. The topological polar surface area (TPSA) is 108 Å². The summed E-state index contributed by atoms with van der Waals surface area (Å²) in [5.41, 5.74) is 0.753. The molecular weight excluding hydrogens is 562 g/mol. The molecule has 0 saturated carbocycles. The number of hydrogen-bond donors (Lipinski definition) is 2. The van der Waals surface area contributed by atoms with Crippen LogP contribution < -0.4 is 5.32 Å². The zero-order valence-corrected chi connectivity index (χ0v) is 23.3. The highest BCUT2D eigenvalue weighted by Crippen LogP contribution is 2.68. The number of amides is 2. The first kappa shape index (κ1) is 26.9. The van der Waals surface area contributed by atoms with Crippen molar-refractivity contribution in [3.63, 3.8) is 0 Å². The van der Waals surface area contributed by atoms with Crippen molar-refractivity contribution in [2.24, 2.45) is 11.8 Å². The number of rotatable bonds is 9. The number of halogens is 1. The van der Waals surface area contributed by atoms with Crippen LogP contribution in [0.5, 0.6) is 0 Å². The maximum absolute atomic E-state index is 14.2. The van der Waals surface area contributed by atoms with Gasteiger partial charge in [-0.15, -0.1) is 11.8 Å². The molecule has 3 unspecified atom stereocenters. The lowest BCUT2D eigenvalue weighted by molar-refractivity contribution is -0.154. The van der Waals surface area contributed by atoms with E-state index in [0.717, 1.165) is 18.7 Å². The Labute approximate surface area is 229 Å². The van der Waals surface area contributed by atoms with Gasteiger partial charge in [-0.2, -0.15) is 0 Å². The van der Waals surface area contributed by atoms with Crippen molar-refractivity contribution in [2.75, 3.05) is 52.6 Å². The summed E-state index contributed by atoms with van der Waals surface area (Å²) < 4.78 is 10.0. The summed E-state index contributed by atoms with van der Waals surface area (Å²) in [6, 6.07) is 7.77. The van der Waals surface area contributed by atoms with E-state index in [1.54, 1.807) is 23.6 Å². The minimum absolute atomic E-state index is 0.0242. The van der Waals surface area contributed by atoms with Gasteiger partial charge in [0.05, 0.1) is 49.1 Å². The predicted octanol–water partition coefficient (Wildman–Crippen LogP) is 1.20. The molecule has 202 valence electrons. The van der Waals surface area contributed by atoms with E-state index in [9.17, 15) is 19.5 Å². The van der Waals surface area contributed by atoms with E-state index in [-0.39, 0.29) is 35.1 Å². The molecule has 4 aliphatic heterocycles. The number of nitrogens with one attached hydrogen (secondary N) is 1. The summed E-state index contributed by atoms with van der Waals surface area (Å²) in [6.07, 6.45) is 0.583. The van der Waals surface area contributed by atoms with E-state index in [2.05, 4.69) is 26.1 Å². The van der Waals surface area contributed by atoms with Crippen molar-refractivity contribution in [2.45, 2.75) is 40.3 Å². The van der Waals surface area contributed by atoms with Crippen LogP contribution in [0.3, 0.4) is 0 Å². The molecule has 7 atom stereocenters. The number of alkyl halides is 1. The molecule has 0 radical (unpaired) electrons. The van der Waals surface area contributed by atoms with Gasteiger partial charge in [-0.3, -0.25) is 19.3 Å². The molecule has 1 aromatic rings. The average Bonchev–Trinajstić information content (AvgIpc) is 3.50. The molecule has 0 aliphatic carbocycles. The van der Waals surface area contributed by atoms with Gasteiger partial charge >= 0.3 is 5.97 Å². The molecule has 4 heterocycles. The van der Waals surface area contributed by atoms with E-state index in [1.165, 1.54) is 0 Å². The van der Waals surface area contributed by atoms with E-state index in [1.807, 2.05) is 30.3 Å². The van der Waals surface area contributed by atoms with Crippen molar-refractivity contribution in [3.8, 4) is 0 Å². The highest BCUT2D eigenvalue weighted by atomic mass is 79.9. The van der Waals surface area contributed by atoms with Crippen molar-refractivity contribution >= 4 is 45.5 Å². The number of fused-ring (bicyclic) bond motifs is 1. The molecule has 1 aromatic carbocycles. The lowest BCUT2D eigenvalue weighted by Crippen LogP contribution is -2.56. The average molecular weight is 597 g/mol. The first-order valence-electron chi connectivity index (χ1n) is 13.0. The molecule has 11 heteroatoms. The zero-order chi connectivity index (χ0) is 26.2. The molecule has 2 bridgehead atoms. The van der Waals surface area contributed by atoms with Crippen molar-refractivity contribution in [1.29, 1.82) is 0 Å². The van der Waals surface area contributed by atoms with Crippen LogP contribution in [0.1, 0.15) is 24.9 Å². The number of nitrogens with zero attached hydrogens (tertiary/aromatic N) is 2. The summed E-state index contributed by atoms with van der Waals surface area (Å²) in [5, 5.41) is 13.4. The molecule has 2 amide bonds. The summed E-state index contributed by atoms with van der Waals surface area (Å²) >= 11 is 5.32. The third-order valence-electron chi connectivity index (χ3n) is 8.06. The number of thioether (sulfide) groups is 1. The van der Waals surface area contributed by atoms with E-state index in [4.69, 9.17) is 9.47 Å². The molecule has 1 spiro atoms. The van der Waals surface area contributed by atoms with Gasteiger partial charge < -0.3 is 24.8 Å². The predicted molar refractivity (Wildman–Crippen MR) is 142 cm³/mol. The van der Waals surface area contributed by atoms with Crippen LogP contribution >= 0.6 is 27.7 Å². The normalized spacial score (nSPS) is 33.9. The molecule has 4 aliphatic rings. The van der Waals surface area contributed by atoms with Gasteiger partial charge in [0, 0.05) is 36.3 Å². The van der Waals surface area contributed by atoms with Crippen LogP contribution in [0.2, 0.25) is 0 Å². The monoisotopic (exact) mass is 595 g/mol. The van der Waals surface area contributed by atoms with Gasteiger partial charge in [-0.25, -0.2) is 0 Å². The Morgan fingerprint density at radius 2 is 2.03 bits per heavy atom. The number of morpholine rings is 1. The summed E-state index contributed by atoms with van der Waals surface area (Å²) in [7, 11) is 0. The van der Waals surface area contributed by atoms with Gasteiger partial charge in [-0.1, -0.05) is 46.3 Å². The van der Waals surface area contributed by atoms with Crippen molar-refractivity contribution < 1.29 is 29.0 Å². The molecule has 9 nitrogen and oxygen atoms in total. The number of ether oxygens (including phenoxy) is 2. The minimum atomic E-state index is -0.818. The second-order valence-corrected chi connectivity index (χ2v) is 12.7. The Balaban J connectivity index is 1.47. The first-order valence-corrected chi connectivity index (χ1v) is 14.8. The number of hydrogen-bond acceptors (Lipinski definition) is 8. The number of carbonyl (C=O) groups is 3. The fraction of sp³-hybridized carbons (Fsp3) is 0.654. The highest BCUT2D eigenvalue weighted by Gasteiger charge is 2.76. The third-order valence-corrected chi connectivity index (χ3v) is 11.3. The van der Waals surface area contributed by atoms with Crippen LogP contribution in [0, 0.1) is 11.8 Å². The molecule has 4 saturated heterocycles. The Kier molecular flexibility index (Phi) is 8.16. The highest BCUT2D eigenvalue weighted by molar-refractivity contribution is 9.09. The number of carbonyl (C=O) groups excluding carboxylic acids is 3. The van der Waals surface area contributed by atoms with Gasteiger partial charge in [0.1, 0.15) is 6.04 Å². The number of aliphatic hydroxyl groups is 1. The Bertz CT molecular complexity index is 1010. The maximum atomic E-state index is 14.2. The second-order valence-electron chi connectivity index (χ2n) is 10.0. The zero-order valence-electron chi connectivity index (χ0n) is 20.9. The summed E-state index contributed by atoms with van der Waals surface area (Å²) in [5.74, 6) is -2.21. The van der Waals surface area contributed by atoms with Gasteiger partial charge in [0.15, 0.2) is 0 Å². The van der Waals surface area contributed by atoms with E-state index < -0.39 is 34.6 Å². The smallest absolute Gasteiger partial charge is 0.310 e. The van der Waals surface area contributed by atoms with Crippen LogP contribution in [-0.4, -0.2) is 106 Å². The molecule has 0 aromatic heterocycles. The Morgan fingerprint density at radius 1 is 1.30 bits per heavy atom. The van der Waals surface area contributed by atoms with E-state index in [0.29, 0.717) is 32.7 Å². The lowest BCUT2D eigenvalue weighted by atomic mass is 9.71. The lowest BCUT2D eigenvalue weighted by Gasteiger charge is -2.37. The van der Waals surface area contributed by atoms with Crippen molar-refractivity contribution in [1.82, 2.24) is 15.1 Å². The molecule has 37 heavy (non-hydrogen) atoms. The van der Waals surface area contributed by atoms with Crippen LogP contribution in [0.4, 0.5) is 0 Å². The second kappa shape index (κ2) is 11.2. The third kappa shape index (κ3) is 4.71. The largest absolute Gasteiger partial charge is 0.466 e. The van der Waals surface area contributed by atoms with Crippen molar-refractivity contribution in [3.05, 3.63) is 35.9 Å². The fourth-order valence-corrected chi connectivity index (χ4v) is 10.1. The van der Waals surface area contributed by atoms with Crippen LogP contribution in [0.15, 0.2) is 30.3 Å². The minimum Gasteiger partial charge on any atom is -0.466 e. The molecule has 4 fully saturated rings.